The Bertz CT molecular complexity index is 1820. The summed E-state index contributed by atoms with van der Waals surface area (Å²) in [5, 5.41) is 62.1. The average molecular weight is 656 g/mol. The van der Waals surface area contributed by atoms with Crippen LogP contribution < -0.4 is 0 Å². The first kappa shape index (κ1) is 36.4. The van der Waals surface area contributed by atoms with Gasteiger partial charge in [0.15, 0.2) is 0 Å². The van der Waals surface area contributed by atoms with Crippen molar-refractivity contribution in [1.82, 2.24) is 0 Å². The van der Waals surface area contributed by atoms with Gasteiger partial charge in [0, 0.05) is 0 Å². The van der Waals surface area contributed by atoms with Gasteiger partial charge in [-0.2, -0.15) is 0 Å². The number of aliphatic hydroxyl groups excluding tert-OH is 2. The van der Waals surface area contributed by atoms with Crippen LogP contribution in [0, 0.1) is 0 Å². The fourth-order valence-electron chi connectivity index (χ4n) is 3.77. The molecule has 0 aliphatic carbocycles. The van der Waals surface area contributed by atoms with Gasteiger partial charge in [0.1, 0.15) is 0 Å². The second-order valence-electron chi connectivity index (χ2n) is 8.51. The topological polar surface area (TPSA) is 314 Å². The largest absolute Gasteiger partial charge is 0.478 e. The van der Waals surface area contributed by atoms with E-state index in [2.05, 4.69) is 9.47 Å². The van der Waals surface area contributed by atoms with E-state index in [4.69, 9.17) is 10.2 Å². The number of aliphatic hydroxyl groups is 2. The monoisotopic (exact) mass is 656 g/mol. The van der Waals surface area contributed by atoms with Gasteiger partial charge < -0.3 is 45.2 Å². The summed E-state index contributed by atoms with van der Waals surface area (Å²) in [6, 6.07) is 7.73. The number of rotatable bonds is 10. The number of carboxylic acids is 5. The van der Waals surface area contributed by atoms with Crippen molar-refractivity contribution in [3.63, 3.8) is 0 Å². The summed E-state index contributed by atoms with van der Waals surface area (Å²) in [6.45, 7) is -0.250. The van der Waals surface area contributed by atoms with Crippen molar-refractivity contribution in [2.24, 2.45) is 0 Å². The predicted octanol–water partition coefficient (Wildman–Crippen LogP) is 1.14. The second-order valence-corrected chi connectivity index (χ2v) is 8.51. The van der Waals surface area contributed by atoms with Gasteiger partial charge in [0.05, 0.1) is 63.3 Å². The summed E-state index contributed by atoms with van der Waals surface area (Å²) in [5.41, 5.74) is -8.73. The molecule has 0 unspecified atom stereocenters. The van der Waals surface area contributed by atoms with E-state index in [9.17, 15) is 68.7 Å². The minimum atomic E-state index is -1.89. The summed E-state index contributed by atoms with van der Waals surface area (Å²) >= 11 is 0. The zero-order valence-electron chi connectivity index (χ0n) is 23.2. The molecule has 0 atom stereocenters. The molecule has 0 amide bonds. The van der Waals surface area contributed by atoms with E-state index in [1.54, 1.807) is 0 Å². The van der Waals surface area contributed by atoms with Crippen LogP contribution in [0.2, 0.25) is 0 Å². The molecular weight excluding hydrogens is 636 g/mol. The Labute approximate surface area is 260 Å². The van der Waals surface area contributed by atoms with Gasteiger partial charge in [-0.25, -0.2) is 43.2 Å². The average Bonchev–Trinajstić information content (AvgIpc) is 3.03. The fraction of sp³-hybridized carbons (Fsp3) is 0.0690. The van der Waals surface area contributed by atoms with Gasteiger partial charge in [0.25, 0.3) is 0 Å². The van der Waals surface area contributed by atoms with Crippen LogP contribution in [0.25, 0.3) is 0 Å². The van der Waals surface area contributed by atoms with Crippen molar-refractivity contribution in [3.8, 4) is 0 Å². The molecule has 0 fully saturated rings. The summed E-state index contributed by atoms with van der Waals surface area (Å²) in [5.74, 6) is -16.2. The van der Waals surface area contributed by atoms with E-state index in [-0.39, 0.29) is 13.2 Å². The van der Waals surface area contributed by atoms with Crippen LogP contribution >= 0.6 is 0 Å². The van der Waals surface area contributed by atoms with E-state index in [0.717, 1.165) is 54.6 Å². The molecule has 0 aliphatic heterocycles. The molecule has 0 saturated carbocycles. The van der Waals surface area contributed by atoms with Crippen molar-refractivity contribution in [3.05, 3.63) is 105 Å². The number of carboxylic acid groups (broad SMARTS) is 5. The van der Waals surface area contributed by atoms with E-state index in [1.165, 1.54) is 0 Å². The van der Waals surface area contributed by atoms with Crippen molar-refractivity contribution in [1.29, 1.82) is 0 Å². The van der Waals surface area contributed by atoms with E-state index in [0.29, 0.717) is 0 Å². The normalized spacial score (nSPS) is 10.0. The molecule has 0 radical (unpaired) electrons. The predicted molar refractivity (Wildman–Crippen MR) is 148 cm³/mol. The van der Waals surface area contributed by atoms with Crippen LogP contribution in [0.15, 0.2) is 54.6 Å². The third-order valence-corrected chi connectivity index (χ3v) is 5.65. The van der Waals surface area contributed by atoms with Crippen LogP contribution in [-0.4, -0.2) is 103 Å². The number of ether oxygens (including phenoxy) is 2. The van der Waals surface area contributed by atoms with Crippen molar-refractivity contribution < 1.29 is 88.4 Å². The molecule has 0 saturated heterocycles. The number of hydrogen-bond donors (Lipinski definition) is 7. The fourth-order valence-corrected chi connectivity index (χ4v) is 3.77. The highest BCUT2D eigenvalue weighted by Gasteiger charge is 2.32. The molecular formula is C29H20O18. The molecule has 244 valence electrons. The maximum atomic E-state index is 13.0. The Balaban J connectivity index is 0.00000181. The first-order chi connectivity index (χ1) is 22.1. The number of carbonyl (C=O) groups is 9. The minimum Gasteiger partial charge on any atom is -0.478 e. The number of carbonyl (C=O) groups excluding carboxylic acids is 4. The van der Waals surface area contributed by atoms with Crippen LogP contribution in [0.5, 0.6) is 0 Å². The standard InChI is InChI=1S/C27H14O16.C2H6O2/c28-19(29)10-4-1-7-13(16(10)22(34)35)24(38)42-26(40)15-9-3-6-12(21(32)33)18(15)27(41)43-25(39)14-8-2-5-11(20(30)31)17(14)23(36)37;3-1-2-4/h1-9H,(H,28,29)(H,30,31)(H,32,33)(H,34,35)(H,36,37);3-4H,1-2H2. The van der Waals surface area contributed by atoms with Crippen molar-refractivity contribution in [2.75, 3.05) is 13.2 Å². The van der Waals surface area contributed by atoms with Crippen LogP contribution in [0.1, 0.15) is 93.2 Å². The third kappa shape index (κ3) is 8.44. The van der Waals surface area contributed by atoms with Crippen LogP contribution in [-0.2, 0) is 9.47 Å². The molecule has 47 heavy (non-hydrogen) atoms. The lowest BCUT2D eigenvalue weighted by Crippen LogP contribution is -2.24. The highest BCUT2D eigenvalue weighted by molar-refractivity contribution is 6.17. The van der Waals surface area contributed by atoms with Crippen LogP contribution in [0.4, 0.5) is 0 Å². The Morgan fingerprint density at radius 3 is 0.915 bits per heavy atom. The van der Waals surface area contributed by atoms with Gasteiger partial charge in [0.2, 0.25) is 0 Å². The molecule has 7 N–H and O–H groups in total. The highest BCUT2D eigenvalue weighted by atomic mass is 16.6. The van der Waals surface area contributed by atoms with E-state index >= 15 is 0 Å². The molecule has 0 aliphatic rings. The number of hydrogen-bond acceptors (Lipinski definition) is 13. The molecule has 0 aromatic heterocycles. The van der Waals surface area contributed by atoms with Gasteiger partial charge >= 0.3 is 53.7 Å². The Kier molecular flexibility index (Phi) is 12.2. The first-order valence-corrected chi connectivity index (χ1v) is 12.4. The zero-order chi connectivity index (χ0) is 35.6. The summed E-state index contributed by atoms with van der Waals surface area (Å²) in [7, 11) is 0. The summed E-state index contributed by atoms with van der Waals surface area (Å²) < 4.78 is 9.17. The van der Waals surface area contributed by atoms with Gasteiger partial charge in [-0.05, 0) is 36.4 Å². The van der Waals surface area contributed by atoms with Crippen molar-refractivity contribution in [2.45, 2.75) is 0 Å². The maximum Gasteiger partial charge on any atom is 0.347 e. The Morgan fingerprint density at radius 2 is 0.638 bits per heavy atom. The van der Waals surface area contributed by atoms with Gasteiger partial charge in [-0.3, -0.25) is 0 Å². The molecule has 3 aromatic carbocycles. The molecule has 0 bridgehead atoms. The quantitative estimate of drug-likeness (QED) is 0.119. The molecule has 18 nitrogen and oxygen atoms in total. The molecule has 18 heteroatoms. The Morgan fingerprint density at radius 1 is 0.383 bits per heavy atom. The molecule has 3 aromatic rings. The molecule has 3 rings (SSSR count). The smallest absolute Gasteiger partial charge is 0.347 e. The van der Waals surface area contributed by atoms with Crippen molar-refractivity contribution >= 4 is 53.7 Å². The molecule has 0 heterocycles. The van der Waals surface area contributed by atoms with Gasteiger partial charge in [-0.1, -0.05) is 18.2 Å². The zero-order valence-corrected chi connectivity index (χ0v) is 23.2. The maximum absolute atomic E-state index is 13.0. The SMILES string of the molecule is O=C(O)c1cccc(C(=O)OC(=O)c2cccc(C(=O)O)c2C(=O)OC(=O)c2cccc(C(=O)O)c2C(=O)O)c1C(=O)O.OCCO. The number of aromatic carboxylic acids is 5. The summed E-state index contributed by atoms with van der Waals surface area (Å²) in [6.07, 6.45) is 0. The first-order valence-electron chi connectivity index (χ1n) is 12.4. The van der Waals surface area contributed by atoms with Gasteiger partial charge in [-0.15, -0.1) is 0 Å². The number of esters is 4. The third-order valence-electron chi connectivity index (χ3n) is 5.65. The lowest BCUT2D eigenvalue weighted by atomic mass is 9.99. The lowest BCUT2D eigenvalue weighted by Gasteiger charge is -2.13. The highest BCUT2D eigenvalue weighted by Crippen LogP contribution is 2.23. The molecule has 0 spiro atoms. The second kappa shape index (κ2) is 15.8. The lowest BCUT2D eigenvalue weighted by molar-refractivity contribution is 0.0351. The van der Waals surface area contributed by atoms with E-state index < -0.39 is 104 Å². The summed E-state index contributed by atoms with van der Waals surface area (Å²) in [4.78, 5) is 109. The van der Waals surface area contributed by atoms with E-state index in [1.807, 2.05) is 0 Å². The van der Waals surface area contributed by atoms with Crippen LogP contribution in [0.3, 0.4) is 0 Å². The Hall–Kier alpha value is -6.79. The minimum absolute atomic E-state index is 0.125. The number of benzene rings is 3.